The summed E-state index contributed by atoms with van der Waals surface area (Å²) in [5.41, 5.74) is 20.0. The minimum absolute atomic E-state index is 0.114. The second kappa shape index (κ2) is 11.8. The number of nitrogen functional groups attached to an aromatic ring is 3. The first-order valence-electron chi connectivity index (χ1n) is 11.9. The number of nitrogens with two attached hydrogens (primary N) is 3. The summed E-state index contributed by atoms with van der Waals surface area (Å²) >= 11 is 0. The molecule has 39 heavy (non-hydrogen) atoms. The van der Waals surface area contributed by atoms with Crippen LogP contribution in [0, 0.1) is 0 Å². The summed E-state index contributed by atoms with van der Waals surface area (Å²) in [6.45, 7) is 0.730. The van der Waals surface area contributed by atoms with E-state index in [1.54, 1.807) is 56.8 Å². The second-order valence-corrected chi connectivity index (χ2v) is 10.5. The number of hydrogen-bond donors (Lipinski definition) is 4. The largest absolute Gasteiger partial charge is 0.493 e. The van der Waals surface area contributed by atoms with Gasteiger partial charge in [0.15, 0.2) is 11.5 Å². The normalized spacial score (nSPS) is 11.1. The van der Waals surface area contributed by atoms with E-state index in [0.29, 0.717) is 41.7 Å². The Labute approximate surface area is 226 Å². The topological polar surface area (TPSA) is 178 Å². The molecule has 0 aliphatic heterocycles. The molecule has 0 radical (unpaired) electrons. The predicted octanol–water partition coefficient (Wildman–Crippen LogP) is 3.15. The van der Waals surface area contributed by atoms with Gasteiger partial charge in [0, 0.05) is 36.1 Å². The highest BCUT2D eigenvalue weighted by Gasteiger charge is 2.18. The van der Waals surface area contributed by atoms with Gasteiger partial charge in [0.2, 0.25) is 21.5 Å². The Balaban J connectivity index is 1.39. The molecule has 0 fully saturated rings. The minimum atomic E-state index is -3.63. The van der Waals surface area contributed by atoms with E-state index in [9.17, 15) is 8.42 Å². The maximum atomic E-state index is 12.8. The number of ether oxygens (including phenoxy) is 3. The van der Waals surface area contributed by atoms with E-state index in [-0.39, 0.29) is 22.3 Å². The summed E-state index contributed by atoms with van der Waals surface area (Å²) in [6.07, 6.45) is 2.04. The number of anilines is 4. The van der Waals surface area contributed by atoms with Crippen molar-refractivity contribution in [1.29, 1.82) is 0 Å². The third kappa shape index (κ3) is 6.41. The molecule has 0 saturated carbocycles. The van der Waals surface area contributed by atoms with Gasteiger partial charge in [-0.1, -0.05) is 0 Å². The predicted molar refractivity (Wildman–Crippen MR) is 150 cm³/mol. The molecule has 12 heteroatoms. The highest BCUT2D eigenvalue weighted by Crippen LogP contribution is 2.39. The summed E-state index contributed by atoms with van der Waals surface area (Å²) < 4.78 is 42.7. The lowest BCUT2D eigenvalue weighted by Gasteiger charge is -2.17. The third-order valence-corrected chi connectivity index (χ3v) is 7.65. The summed E-state index contributed by atoms with van der Waals surface area (Å²) in [6, 6.07) is 16.3. The van der Waals surface area contributed by atoms with Crippen molar-refractivity contribution in [2.75, 3.05) is 49.9 Å². The van der Waals surface area contributed by atoms with E-state index in [4.69, 9.17) is 31.4 Å². The molecule has 7 N–H and O–H groups in total. The fourth-order valence-corrected chi connectivity index (χ4v) is 5.11. The van der Waals surface area contributed by atoms with Gasteiger partial charge in [-0.05, 0) is 66.2 Å². The van der Waals surface area contributed by atoms with Crippen LogP contribution in [-0.2, 0) is 16.3 Å². The molecule has 0 unspecified atom stereocenters. The molecule has 0 aliphatic carbocycles. The quantitative estimate of drug-likeness (QED) is 0.159. The molecule has 0 spiro atoms. The number of benzene rings is 3. The molecule has 0 atom stereocenters. The lowest BCUT2D eigenvalue weighted by atomic mass is 10.1. The van der Waals surface area contributed by atoms with Crippen LogP contribution in [0.5, 0.6) is 17.2 Å². The van der Waals surface area contributed by atoms with Gasteiger partial charge >= 0.3 is 0 Å². The zero-order valence-electron chi connectivity index (χ0n) is 21.5. The van der Waals surface area contributed by atoms with Crippen LogP contribution in [0.1, 0.15) is 11.1 Å². The van der Waals surface area contributed by atoms with Gasteiger partial charge in [0.25, 0.3) is 0 Å². The molecule has 1 heterocycles. The van der Waals surface area contributed by atoms with Crippen molar-refractivity contribution in [3.63, 3.8) is 0 Å². The maximum absolute atomic E-state index is 12.8. The lowest BCUT2D eigenvalue weighted by molar-refractivity contribution is 0.284. The maximum Gasteiger partial charge on any atom is 0.221 e. The van der Waals surface area contributed by atoms with Crippen LogP contribution in [-0.4, -0.2) is 45.8 Å². The molecule has 3 aromatic carbocycles. The fraction of sp³-hybridized carbons (Fsp3) is 0.185. The standard InChI is InChI=1S/C27H30N6O5S/c1-36-23-14-17(13-18-16-32-27(30)33-26(18)29)15-24(37-2)25(23)38-12-11-31-20-5-9-22(10-6-20)39(34,35)21-7-3-19(28)4-8-21/h3-10,14-16,31H,11-13,28H2,1-2H3,(H4,29,30,32,33). The number of nitrogens with one attached hydrogen (secondary N) is 1. The van der Waals surface area contributed by atoms with Crippen LogP contribution in [0.3, 0.4) is 0 Å². The van der Waals surface area contributed by atoms with Crippen molar-refractivity contribution in [3.05, 3.63) is 78.0 Å². The molecule has 204 valence electrons. The van der Waals surface area contributed by atoms with Crippen LogP contribution < -0.4 is 36.7 Å². The van der Waals surface area contributed by atoms with Crippen molar-refractivity contribution in [1.82, 2.24) is 9.97 Å². The average Bonchev–Trinajstić information content (AvgIpc) is 2.93. The van der Waals surface area contributed by atoms with E-state index in [0.717, 1.165) is 16.8 Å². The average molecular weight is 551 g/mol. The van der Waals surface area contributed by atoms with Crippen LogP contribution in [0.15, 0.2) is 76.7 Å². The lowest BCUT2D eigenvalue weighted by Crippen LogP contribution is -2.13. The molecule has 0 amide bonds. The molecule has 4 aromatic rings. The first-order chi connectivity index (χ1) is 18.7. The summed E-state index contributed by atoms with van der Waals surface area (Å²) in [5.74, 6) is 1.87. The first kappa shape index (κ1) is 27.3. The second-order valence-electron chi connectivity index (χ2n) is 8.52. The highest BCUT2D eigenvalue weighted by molar-refractivity contribution is 7.91. The summed E-state index contributed by atoms with van der Waals surface area (Å²) in [7, 11) is -0.540. The molecule has 4 rings (SSSR count). The van der Waals surface area contributed by atoms with Gasteiger partial charge in [0.1, 0.15) is 12.4 Å². The van der Waals surface area contributed by atoms with E-state index in [2.05, 4.69) is 15.3 Å². The Hall–Kier alpha value is -4.71. The van der Waals surface area contributed by atoms with E-state index >= 15 is 0 Å². The molecule has 0 aliphatic rings. The Kier molecular flexibility index (Phi) is 8.25. The number of methoxy groups -OCH3 is 2. The fourth-order valence-electron chi connectivity index (χ4n) is 3.85. The van der Waals surface area contributed by atoms with Crippen LogP contribution >= 0.6 is 0 Å². The molecule has 0 bridgehead atoms. The number of sulfone groups is 1. The zero-order chi connectivity index (χ0) is 28.0. The summed E-state index contributed by atoms with van der Waals surface area (Å²) in [5, 5.41) is 3.21. The first-order valence-corrected chi connectivity index (χ1v) is 13.4. The van der Waals surface area contributed by atoms with E-state index < -0.39 is 9.84 Å². The molecular weight excluding hydrogens is 520 g/mol. The Morgan fingerprint density at radius 3 is 2.03 bits per heavy atom. The summed E-state index contributed by atoms with van der Waals surface area (Å²) in [4.78, 5) is 8.38. The number of rotatable bonds is 11. The van der Waals surface area contributed by atoms with Gasteiger partial charge < -0.3 is 36.7 Å². The number of hydrogen-bond acceptors (Lipinski definition) is 11. The van der Waals surface area contributed by atoms with Crippen molar-refractivity contribution in [2.45, 2.75) is 16.2 Å². The Bertz CT molecular complexity index is 1520. The molecular formula is C27H30N6O5S. The minimum Gasteiger partial charge on any atom is -0.493 e. The van der Waals surface area contributed by atoms with Crippen molar-refractivity contribution < 1.29 is 22.6 Å². The van der Waals surface area contributed by atoms with Crippen molar-refractivity contribution in [2.24, 2.45) is 0 Å². The molecule has 0 saturated heterocycles. The highest BCUT2D eigenvalue weighted by atomic mass is 32.2. The Morgan fingerprint density at radius 1 is 0.872 bits per heavy atom. The third-order valence-electron chi connectivity index (χ3n) is 5.86. The van der Waals surface area contributed by atoms with Crippen molar-refractivity contribution >= 4 is 33.0 Å². The smallest absolute Gasteiger partial charge is 0.221 e. The monoisotopic (exact) mass is 550 g/mol. The number of aromatic nitrogens is 2. The van der Waals surface area contributed by atoms with Crippen LogP contribution in [0.4, 0.5) is 23.1 Å². The van der Waals surface area contributed by atoms with Gasteiger partial charge in [-0.15, -0.1) is 0 Å². The van der Waals surface area contributed by atoms with E-state index in [1.165, 1.54) is 12.1 Å². The van der Waals surface area contributed by atoms with Gasteiger partial charge in [-0.2, -0.15) is 4.98 Å². The van der Waals surface area contributed by atoms with Crippen molar-refractivity contribution in [3.8, 4) is 17.2 Å². The molecule has 11 nitrogen and oxygen atoms in total. The van der Waals surface area contributed by atoms with Gasteiger partial charge in [-0.25, -0.2) is 13.4 Å². The number of nitrogens with zero attached hydrogens (tertiary/aromatic N) is 2. The van der Waals surface area contributed by atoms with E-state index in [1.807, 2.05) is 12.1 Å². The van der Waals surface area contributed by atoms with Gasteiger partial charge in [0.05, 0.1) is 24.0 Å². The molecule has 1 aromatic heterocycles. The van der Waals surface area contributed by atoms with Crippen LogP contribution in [0.2, 0.25) is 0 Å². The van der Waals surface area contributed by atoms with Gasteiger partial charge in [-0.3, -0.25) is 0 Å². The SMILES string of the molecule is COc1cc(Cc2cnc(N)nc2N)cc(OC)c1OCCNc1ccc(S(=O)(=O)c2ccc(N)cc2)cc1. The zero-order valence-corrected chi connectivity index (χ0v) is 22.4. The van der Waals surface area contributed by atoms with Crippen LogP contribution in [0.25, 0.3) is 0 Å². The Morgan fingerprint density at radius 2 is 1.46 bits per heavy atom.